The van der Waals surface area contributed by atoms with Crippen LogP contribution in [-0.4, -0.2) is 25.8 Å². The summed E-state index contributed by atoms with van der Waals surface area (Å²) < 4.78 is 67.5. The monoisotopic (exact) mass is 539 g/mol. The van der Waals surface area contributed by atoms with Crippen LogP contribution in [0.2, 0.25) is 0 Å². The number of carbonyl (C=O) groups excluding carboxylic acids is 1. The van der Waals surface area contributed by atoms with E-state index < -0.39 is 29.3 Å². The maximum Gasteiger partial charge on any atom is 0.416 e. The average molecular weight is 539 g/mol. The van der Waals surface area contributed by atoms with Crippen LogP contribution in [0.4, 0.5) is 49.6 Å². The number of halogens is 5. The van der Waals surface area contributed by atoms with Crippen LogP contribution in [0.3, 0.4) is 0 Å². The van der Waals surface area contributed by atoms with Gasteiger partial charge in [0.05, 0.1) is 28.0 Å². The Hall–Kier alpha value is -5.07. The van der Waals surface area contributed by atoms with Gasteiger partial charge >= 0.3 is 12.2 Å². The summed E-state index contributed by atoms with van der Waals surface area (Å²) >= 11 is 0. The van der Waals surface area contributed by atoms with Crippen LogP contribution in [0.25, 0.3) is 16.7 Å². The number of amides is 2. The minimum atomic E-state index is -4.68. The van der Waals surface area contributed by atoms with Crippen molar-refractivity contribution in [2.24, 2.45) is 0 Å². The average Bonchev–Trinajstić information content (AvgIpc) is 3.23. The van der Waals surface area contributed by atoms with Crippen molar-refractivity contribution in [1.82, 2.24) is 19.7 Å². The van der Waals surface area contributed by atoms with Crippen molar-refractivity contribution in [2.45, 2.75) is 13.1 Å². The Labute approximate surface area is 217 Å². The first-order chi connectivity index (χ1) is 18.6. The molecule has 13 heteroatoms. The molecule has 5 rings (SSSR count). The van der Waals surface area contributed by atoms with E-state index in [1.807, 2.05) is 0 Å². The van der Waals surface area contributed by atoms with Crippen molar-refractivity contribution in [2.75, 3.05) is 16.0 Å². The van der Waals surface area contributed by atoms with Gasteiger partial charge in [0.2, 0.25) is 0 Å². The molecule has 39 heavy (non-hydrogen) atoms. The molecular weight excluding hydrogens is 521 g/mol. The number of rotatable bonds is 5. The highest BCUT2D eigenvalue weighted by atomic mass is 19.4. The van der Waals surface area contributed by atoms with Crippen molar-refractivity contribution >= 4 is 39.9 Å². The normalized spacial score (nSPS) is 11.4. The number of nitrogens with zero attached hydrogens (tertiary/aromatic N) is 4. The zero-order valence-corrected chi connectivity index (χ0v) is 20.0. The zero-order valence-electron chi connectivity index (χ0n) is 20.0. The molecule has 5 aromatic rings. The molecule has 0 atom stereocenters. The lowest BCUT2D eigenvalue weighted by Gasteiger charge is -2.12. The van der Waals surface area contributed by atoms with E-state index >= 15 is 0 Å². The predicted molar refractivity (Wildman–Crippen MR) is 135 cm³/mol. The second kappa shape index (κ2) is 10.0. The first-order valence-corrected chi connectivity index (χ1v) is 11.4. The fourth-order valence-corrected chi connectivity index (χ4v) is 3.83. The van der Waals surface area contributed by atoms with E-state index in [2.05, 4.69) is 31.0 Å². The summed E-state index contributed by atoms with van der Waals surface area (Å²) in [6, 6.07) is 13.0. The van der Waals surface area contributed by atoms with Gasteiger partial charge in [-0.25, -0.2) is 28.2 Å². The lowest BCUT2D eigenvalue weighted by atomic mass is 10.2. The Morgan fingerprint density at radius 3 is 2.26 bits per heavy atom. The Morgan fingerprint density at radius 2 is 1.56 bits per heavy atom. The van der Waals surface area contributed by atoms with Crippen molar-refractivity contribution in [3.8, 4) is 5.69 Å². The van der Waals surface area contributed by atoms with Gasteiger partial charge in [-0.15, -0.1) is 0 Å². The summed E-state index contributed by atoms with van der Waals surface area (Å²) in [5.74, 6) is -0.918. The molecule has 2 heterocycles. The van der Waals surface area contributed by atoms with Gasteiger partial charge in [0.25, 0.3) is 0 Å². The smallest absolute Gasteiger partial charge is 0.340 e. The van der Waals surface area contributed by atoms with E-state index in [4.69, 9.17) is 0 Å². The van der Waals surface area contributed by atoms with Crippen LogP contribution < -0.4 is 16.0 Å². The molecule has 0 aliphatic carbocycles. The second-order valence-electron chi connectivity index (χ2n) is 8.37. The topological polar surface area (TPSA) is 96.8 Å². The highest BCUT2D eigenvalue weighted by Crippen LogP contribution is 2.32. The number of anilines is 4. The van der Waals surface area contributed by atoms with Crippen molar-refractivity contribution < 1.29 is 26.7 Å². The second-order valence-corrected chi connectivity index (χ2v) is 8.37. The lowest BCUT2D eigenvalue weighted by molar-refractivity contribution is -0.137. The molecule has 3 N–H and O–H groups in total. The molecule has 0 fully saturated rings. The fraction of sp³-hybridized carbons (Fsp3) is 0.0769. The third kappa shape index (κ3) is 5.46. The zero-order chi connectivity index (χ0) is 27.7. The van der Waals surface area contributed by atoms with Gasteiger partial charge < -0.3 is 16.0 Å². The quantitative estimate of drug-likeness (QED) is 0.213. The number of benzene rings is 3. The number of aromatic nitrogens is 4. The standard InChI is InChI=1S/C26H18F5N7O/c1-14-22-23(32-13-33-24(22)38(37-14)19-9-3-16(27)4-10-19)34-17-5-7-18(8-6-17)35-25(39)36-21-12-15(26(29,30)31)2-11-20(21)28/h2-13H,1H3,(H,32,33,34)(H2,35,36,39). The summed E-state index contributed by atoms with van der Waals surface area (Å²) in [5, 5.41) is 12.8. The highest BCUT2D eigenvalue weighted by Gasteiger charge is 2.31. The van der Waals surface area contributed by atoms with Crippen LogP contribution in [0, 0.1) is 18.6 Å². The van der Waals surface area contributed by atoms with E-state index in [1.54, 1.807) is 35.9 Å². The largest absolute Gasteiger partial charge is 0.416 e. The predicted octanol–water partition coefficient (Wildman–Crippen LogP) is 6.81. The van der Waals surface area contributed by atoms with Gasteiger partial charge in [-0.2, -0.15) is 18.3 Å². The molecule has 0 aliphatic heterocycles. The SMILES string of the molecule is Cc1nn(-c2ccc(F)cc2)c2ncnc(Nc3ccc(NC(=O)Nc4cc(C(F)(F)F)ccc4F)cc3)c12. The molecule has 0 aliphatic rings. The molecule has 0 saturated heterocycles. The Balaban J connectivity index is 1.31. The lowest BCUT2D eigenvalue weighted by Crippen LogP contribution is -2.20. The molecule has 2 aromatic heterocycles. The van der Waals surface area contributed by atoms with E-state index in [1.165, 1.54) is 30.6 Å². The summed E-state index contributed by atoms with van der Waals surface area (Å²) in [6.07, 6.45) is -3.32. The Bertz CT molecular complexity index is 1670. The number of aryl methyl sites for hydroxylation is 1. The van der Waals surface area contributed by atoms with Gasteiger partial charge in [-0.1, -0.05) is 0 Å². The van der Waals surface area contributed by atoms with E-state index in [-0.39, 0.29) is 5.82 Å². The maximum absolute atomic E-state index is 13.9. The summed E-state index contributed by atoms with van der Waals surface area (Å²) in [7, 11) is 0. The third-order valence-corrected chi connectivity index (χ3v) is 5.66. The van der Waals surface area contributed by atoms with Gasteiger partial charge in [-0.3, -0.25) is 0 Å². The third-order valence-electron chi connectivity index (χ3n) is 5.66. The number of hydrogen-bond donors (Lipinski definition) is 3. The van der Waals surface area contributed by atoms with Crippen LogP contribution in [-0.2, 0) is 6.18 Å². The fourth-order valence-electron chi connectivity index (χ4n) is 3.83. The molecule has 0 bridgehead atoms. The molecular formula is C26H18F5N7O. The van der Waals surface area contributed by atoms with Gasteiger partial charge in [0, 0.05) is 11.4 Å². The van der Waals surface area contributed by atoms with Crippen LogP contribution in [0.5, 0.6) is 0 Å². The van der Waals surface area contributed by atoms with Crippen molar-refractivity contribution in [3.05, 3.63) is 95.9 Å². The molecule has 0 unspecified atom stereocenters. The molecule has 0 saturated carbocycles. The minimum absolute atomic E-state index is 0.304. The number of urea groups is 1. The number of nitrogens with one attached hydrogen (secondary N) is 3. The number of fused-ring (bicyclic) bond motifs is 1. The molecule has 8 nitrogen and oxygen atoms in total. The number of carbonyl (C=O) groups is 1. The van der Waals surface area contributed by atoms with E-state index in [0.29, 0.717) is 57.8 Å². The first-order valence-electron chi connectivity index (χ1n) is 11.4. The molecule has 198 valence electrons. The minimum Gasteiger partial charge on any atom is -0.340 e. The number of hydrogen-bond acceptors (Lipinski definition) is 5. The first kappa shape index (κ1) is 25.6. The summed E-state index contributed by atoms with van der Waals surface area (Å²) in [4.78, 5) is 20.9. The molecule has 0 radical (unpaired) electrons. The summed E-state index contributed by atoms with van der Waals surface area (Å²) in [6.45, 7) is 1.79. The summed E-state index contributed by atoms with van der Waals surface area (Å²) in [5.41, 5.74) is 0.967. The molecule has 2 amide bonds. The van der Waals surface area contributed by atoms with E-state index in [9.17, 15) is 26.7 Å². The highest BCUT2D eigenvalue weighted by molar-refractivity contribution is 6.00. The van der Waals surface area contributed by atoms with Gasteiger partial charge in [0.15, 0.2) is 5.65 Å². The number of alkyl halides is 3. The Kier molecular flexibility index (Phi) is 6.56. The van der Waals surface area contributed by atoms with Gasteiger partial charge in [-0.05, 0) is 73.7 Å². The maximum atomic E-state index is 13.9. The van der Waals surface area contributed by atoms with Crippen molar-refractivity contribution in [1.29, 1.82) is 0 Å². The van der Waals surface area contributed by atoms with E-state index in [0.717, 1.165) is 0 Å². The van der Waals surface area contributed by atoms with Crippen LogP contribution in [0.1, 0.15) is 11.3 Å². The van der Waals surface area contributed by atoms with Crippen LogP contribution in [0.15, 0.2) is 73.1 Å². The molecule has 0 spiro atoms. The van der Waals surface area contributed by atoms with Gasteiger partial charge in [0.1, 0.15) is 23.8 Å². The molecule has 3 aromatic carbocycles. The van der Waals surface area contributed by atoms with Crippen molar-refractivity contribution in [3.63, 3.8) is 0 Å². The van der Waals surface area contributed by atoms with Crippen LogP contribution >= 0.6 is 0 Å². The Morgan fingerprint density at radius 1 is 0.872 bits per heavy atom.